The third-order valence-electron chi connectivity index (χ3n) is 6.02. The number of amides is 1. The first-order valence-corrected chi connectivity index (χ1v) is 11.4. The zero-order valence-corrected chi connectivity index (χ0v) is 19.7. The van der Waals surface area contributed by atoms with Crippen LogP contribution in [0.15, 0.2) is 41.1 Å². The summed E-state index contributed by atoms with van der Waals surface area (Å²) < 4.78 is 10.8. The second-order valence-corrected chi connectivity index (χ2v) is 8.64. The van der Waals surface area contributed by atoms with Crippen LogP contribution in [-0.4, -0.2) is 53.7 Å². The van der Waals surface area contributed by atoms with E-state index in [-0.39, 0.29) is 11.9 Å². The summed E-state index contributed by atoms with van der Waals surface area (Å²) >= 11 is 0. The summed E-state index contributed by atoms with van der Waals surface area (Å²) in [5, 5.41) is 4.04. The number of likely N-dealkylation sites (tertiary alicyclic amines) is 1. The van der Waals surface area contributed by atoms with Gasteiger partial charge in [0.25, 0.3) is 0 Å². The summed E-state index contributed by atoms with van der Waals surface area (Å²) in [6.07, 6.45) is 5.82. The van der Waals surface area contributed by atoms with Gasteiger partial charge in [0.2, 0.25) is 11.9 Å². The highest BCUT2D eigenvalue weighted by molar-refractivity contribution is 5.77. The number of anilines is 1. The minimum Gasteiger partial charge on any atom is -0.497 e. The Morgan fingerprint density at radius 3 is 2.70 bits per heavy atom. The van der Waals surface area contributed by atoms with Crippen LogP contribution in [0.2, 0.25) is 0 Å². The summed E-state index contributed by atoms with van der Waals surface area (Å²) in [5.41, 5.74) is 3.53. The summed E-state index contributed by atoms with van der Waals surface area (Å²) in [4.78, 5) is 26.6. The van der Waals surface area contributed by atoms with Gasteiger partial charge in [-0.2, -0.15) is 0 Å². The molecule has 8 nitrogen and oxygen atoms in total. The lowest BCUT2D eigenvalue weighted by Gasteiger charge is -2.36. The maximum atomic E-state index is 13.4. The Hall–Kier alpha value is -3.42. The van der Waals surface area contributed by atoms with Crippen molar-refractivity contribution in [3.63, 3.8) is 0 Å². The number of rotatable bonds is 7. The molecule has 1 atom stereocenters. The van der Waals surface area contributed by atoms with Gasteiger partial charge in [-0.3, -0.25) is 4.79 Å². The molecule has 2 aromatic heterocycles. The van der Waals surface area contributed by atoms with Crippen molar-refractivity contribution < 1.29 is 14.1 Å². The highest BCUT2D eigenvalue weighted by Crippen LogP contribution is 2.37. The molecule has 1 aliphatic rings. The molecular formula is C25H31N5O3. The quantitative estimate of drug-likeness (QED) is 0.534. The van der Waals surface area contributed by atoms with Crippen LogP contribution in [0.4, 0.5) is 5.95 Å². The van der Waals surface area contributed by atoms with Crippen LogP contribution in [-0.2, 0) is 11.2 Å². The molecule has 1 saturated heterocycles. The minimum atomic E-state index is -0.121. The lowest BCUT2D eigenvalue weighted by atomic mass is 9.95. The van der Waals surface area contributed by atoms with Crippen LogP contribution >= 0.6 is 0 Å². The van der Waals surface area contributed by atoms with Crippen molar-refractivity contribution in [1.29, 1.82) is 0 Å². The van der Waals surface area contributed by atoms with E-state index < -0.39 is 0 Å². The number of carbonyl (C=O) groups excluding carboxylic acids is 1. The van der Waals surface area contributed by atoms with Crippen molar-refractivity contribution in [1.82, 2.24) is 20.0 Å². The van der Waals surface area contributed by atoms with Crippen LogP contribution < -0.4 is 9.64 Å². The highest BCUT2D eigenvalue weighted by Gasteiger charge is 2.32. The molecule has 1 aliphatic heterocycles. The Morgan fingerprint density at radius 2 is 2.03 bits per heavy atom. The molecule has 8 heteroatoms. The normalized spacial score (nSPS) is 16.0. The van der Waals surface area contributed by atoms with E-state index in [1.54, 1.807) is 13.3 Å². The fraction of sp³-hybridized carbons (Fsp3) is 0.440. The largest absolute Gasteiger partial charge is 0.497 e. The van der Waals surface area contributed by atoms with Crippen LogP contribution in [0, 0.1) is 6.92 Å². The van der Waals surface area contributed by atoms with E-state index in [4.69, 9.17) is 14.2 Å². The molecule has 1 aromatic carbocycles. The van der Waals surface area contributed by atoms with Crippen molar-refractivity contribution in [3.05, 3.63) is 53.5 Å². The van der Waals surface area contributed by atoms with E-state index in [2.05, 4.69) is 10.1 Å². The average molecular weight is 450 g/mol. The third kappa shape index (κ3) is 5.16. The topological polar surface area (TPSA) is 84.6 Å². The molecule has 1 unspecified atom stereocenters. The molecule has 0 bridgehead atoms. The number of hydrogen-bond donors (Lipinski definition) is 0. The van der Waals surface area contributed by atoms with Gasteiger partial charge in [0.1, 0.15) is 5.75 Å². The van der Waals surface area contributed by atoms with Gasteiger partial charge in [-0.15, -0.1) is 0 Å². The van der Waals surface area contributed by atoms with Gasteiger partial charge >= 0.3 is 0 Å². The molecular weight excluding hydrogens is 418 g/mol. The maximum absolute atomic E-state index is 13.4. The highest BCUT2D eigenvalue weighted by atomic mass is 16.5. The van der Waals surface area contributed by atoms with E-state index in [0.717, 1.165) is 54.1 Å². The van der Waals surface area contributed by atoms with Gasteiger partial charge < -0.3 is 19.1 Å². The van der Waals surface area contributed by atoms with E-state index in [1.165, 1.54) is 0 Å². The summed E-state index contributed by atoms with van der Waals surface area (Å²) in [6.45, 7) is 2.61. The SMILES string of the molecule is COc1ccc(CCC(=O)N2CCCCC2c2nc(N(C)C)ncc2-c2cc(C)no2)cc1. The van der Waals surface area contributed by atoms with Gasteiger partial charge in [0.05, 0.1) is 30.1 Å². The smallest absolute Gasteiger partial charge is 0.225 e. The number of piperidine rings is 1. The van der Waals surface area contributed by atoms with Crippen LogP contribution in [0.5, 0.6) is 5.75 Å². The fourth-order valence-corrected chi connectivity index (χ4v) is 4.24. The van der Waals surface area contributed by atoms with Crippen molar-refractivity contribution in [3.8, 4) is 17.1 Å². The van der Waals surface area contributed by atoms with Gasteiger partial charge in [0.15, 0.2) is 5.76 Å². The summed E-state index contributed by atoms with van der Waals surface area (Å²) in [7, 11) is 5.48. The molecule has 0 radical (unpaired) electrons. The molecule has 0 spiro atoms. The Morgan fingerprint density at radius 1 is 1.24 bits per heavy atom. The number of benzene rings is 1. The van der Waals surface area contributed by atoms with Gasteiger partial charge in [-0.1, -0.05) is 17.3 Å². The number of methoxy groups -OCH3 is 1. The molecule has 1 amide bonds. The number of carbonyl (C=O) groups is 1. The monoisotopic (exact) mass is 449 g/mol. The van der Waals surface area contributed by atoms with Crippen LogP contribution in [0.1, 0.15) is 48.7 Å². The lowest BCUT2D eigenvalue weighted by molar-refractivity contribution is -0.135. The van der Waals surface area contributed by atoms with Crippen molar-refractivity contribution in [2.45, 2.75) is 45.1 Å². The second kappa shape index (κ2) is 10.0. The molecule has 174 valence electrons. The first-order valence-electron chi connectivity index (χ1n) is 11.4. The maximum Gasteiger partial charge on any atom is 0.225 e. The predicted molar refractivity (Wildman–Crippen MR) is 126 cm³/mol. The molecule has 0 saturated carbocycles. The van der Waals surface area contributed by atoms with Gasteiger partial charge in [0, 0.05) is 39.3 Å². The second-order valence-electron chi connectivity index (χ2n) is 8.64. The number of nitrogens with zero attached hydrogens (tertiary/aromatic N) is 5. The Labute approximate surface area is 194 Å². The number of aromatic nitrogens is 3. The third-order valence-corrected chi connectivity index (χ3v) is 6.02. The van der Waals surface area contributed by atoms with E-state index in [1.807, 2.05) is 61.2 Å². The van der Waals surface area contributed by atoms with Crippen molar-refractivity contribution in [2.24, 2.45) is 0 Å². The Balaban J connectivity index is 1.60. The lowest BCUT2D eigenvalue weighted by Crippen LogP contribution is -2.39. The number of hydrogen-bond acceptors (Lipinski definition) is 7. The predicted octanol–water partition coefficient (Wildman–Crippen LogP) is 4.20. The van der Waals surface area contributed by atoms with Gasteiger partial charge in [-0.05, 0) is 50.3 Å². The summed E-state index contributed by atoms with van der Waals surface area (Å²) in [5.74, 6) is 2.20. The standard InChI is InChI=1S/C25H31N5O3/c1-17-15-22(33-28-17)20-16-26-25(29(2)3)27-24(20)21-7-5-6-14-30(21)23(31)13-10-18-8-11-19(32-4)12-9-18/h8-9,11-12,15-16,21H,5-7,10,13-14H2,1-4H3. The molecule has 0 aliphatic carbocycles. The van der Waals surface area contributed by atoms with E-state index in [0.29, 0.717) is 24.6 Å². The first kappa shape index (κ1) is 22.8. The van der Waals surface area contributed by atoms with Crippen LogP contribution in [0.3, 0.4) is 0 Å². The summed E-state index contributed by atoms with van der Waals surface area (Å²) in [6, 6.07) is 9.65. The number of aryl methyl sites for hydroxylation is 2. The van der Waals surface area contributed by atoms with E-state index in [9.17, 15) is 4.79 Å². The zero-order chi connectivity index (χ0) is 23.4. The van der Waals surface area contributed by atoms with Crippen molar-refractivity contribution in [2.75, 3.05) is 32.6 Å². The zero-order valence-electron chi connectivity index (χ0n) is 19.7. The Kier molecular flexibility index (Phi) is 6.91. The first-order chi connectivity index (χ1) is 16.0. The molecule has 3 heterocycles. The van der Waals surface area contributed by atoms with Crippen molar-refractivity contribution >= 4 is 11.9 Å². The van der Waals surface area contributed by atoms with Gasteiger partial charge in [-0.25, -0.2) is 9.97 Å². The molecule has 3 aromatic rings. The van der Waals surface area contributed by atoms with E-state index >= 15 is 0 Å². The molecule has 0 N–H and O–H groups in total. The fourth-order valence-electron chi connectivity index (χ4n) is 4.24. The molecule has 4 rings (SSSR count). The molecule has 1 fully saturated rings. The Bertz CT molecular complexity index is 1090. The molecule has 33 heavy (non-hydrogen) atoms. The minimum absolute atomic E-state index is 0.121. The number of ether oxygens (including phenoxy) is 1. The van der Waals surface area contributed by atoms with Crippen LogP contribution in [0.25, 0.3) is 11.3 Å². The average Bonchev–Trinajstić information content (AvgIpc) is 3.28.